The minimum Gasteiger partial charge on any atom is -0.389 e. The van der Waals surface area contributed by atoms with E-state index in [2.05, 4.69) is 15.1 Å². The number of hydrogen-bond donors (Lipinski definition) is 2. The lowest BCUT2D eigenvalue weighted by atomic mass is 9.98. The zero-order valence-corrected chi connectivity index (χ0v) is 14.7. The fourth-order valence-electron chi connectivity index (χ4n) is 3.81. The van der Waals surface area contributed by atoms with Crippen molar-refractivity contribution in [1.29, 1.82) is 0 Å². The van der Waals surface area contributed by atoms with Crippen molar-refractivity contribution in [2.45, 2.75) is 37.7 Å². The van der Waals surface area contributed by atoms with Crippen LogP contribution in [0.1, 0.15) is 32.1 Å². The number of halogens is 1. The van der Waals surface area contributed by atoms with Crippen LogP contribution in [0.25, 0.3) is 0 Å². The standard InChI is InChI=1S/C19H28FN3O2/c20-16-3-5-17(6-4-16)23-13-11-22(12-14-23)10-9-21-18(24)15-19(25)7-1-2-8-19/h3-6,25H,1-2,7-15H2,(H,21,24). The highest BCUT2D eigenvalue weighted by Gasteiger charge is 2.33. The van der Waals surface area contributed by atoms with Crippen molar-refractivity contribution in [3.05, 3.63) is 30.1 Å². The second kappa shape index (κ2) is 8.15. The van der Waals surface area contributed by atoms with Gasteiger partial charge >= 0.3 is 0 Å². The molecular formula is C19H28FN3O2. The Labute approximate surface area is 148 Å². The minimum atomic E-state index is -0.773. The van der Waals surface area contributed by atoms with Gasteiger partial charge in [0.2, 0.25) is 5.91 Å². The van der Waals surface area contributed by atoms with Gasteiger partial charge in [-0.15, -0.1) is 0 Å². The van der Waals surface area contributed by atoms with Crippen molar-refractivity contribution in [2.24, 2.45) is 0 Å². The lowest BCUT2D eigenvalue weighted by molar-refractivity contribution is -0.125. The fourth-order valence-corrected chi connectivity index (χ4v) is 3.81. The van der Waals surface area contributed by atoms with E-state index in [4.69, 9.17) is 0 Å². The third-order valence-electron chi connectivity index (χ3n) is 5.34. The Morgan fingerprint density at radius 3 is 2.40 bits per heavy atom. The van der Waals surface area contributed by atoms with Gasteiger partial charge in [-0.1, -0.05) is 12.8 Å². The van der Waals surface area contributed by atoms with Crippen LogP contribution in [-0.4, -0.2) is 60.8 Å². The SMILES string of the molecule is O=C(CC1(O)CCCC1)NCCN1CCN(c2ccc(F)cc2)CC1. The molecule has 138 valence electrons. The molecule has 2 fully saturated rings. The van der Waals surface area contributed by atoms with E-state index in [1.54, 1.807) is 0 Å². The third-order valence-corrected chi connectivity index (χ3v) is 5.34. The Morgan fingerprint density at radius 2 is 1.76 bits per heavy atom. The van der Waals surface area contributed by atoms with Crippen LogP contribution in [-0.2, 0) is 4.79 Å². The Bertz CT molecular complexity index is 565. The number of hydrogen-bond acceptors (Lipinski definition) is 4. The number of piperazine rings is 1. The topological polar surface area (TPSA) is 55.8 Å². The normalized spacial score (nSPS) is 20.6. The Hall–Kier alpha value is -1.66. The molecule has 0 bridgehead atoms. The van der Waals surface area contributed by atoms with Crippen LogP contribution in [0.4, 0.5) is 10.1 Å². The molecule has 0 spiro atoms. The average Bonchev–Trinajstić information content (AvgIpc) is 3.02. The molecule has 6 heteroatoms. The molecule has 1 aromatic carbocycles. The van der Waals surface area contributed by atoms with Gasteiger partial charge in [0.1, 0.15) is 5.82 Å². The zero-order chi connectivity index (χ0) is 17.7. The summed E-state index contributed by atoms with van der Waals surface area (Å²) in [5, 5.41) is 13.2. The molecule has 1 amide bonds. The first kappa shape index (κ1) is 18.1. The van der Waals surface area contributed by atoms with Crippen molar-refractivity contribution in [3.63, 3.8) is 0 Å². The lowest BCUT2D eigenvalue weighted by Crippen LogP contribution is -2.48. The molecule has 1 heterocycles. The van der Waals surface area contributed by atoms with Gasteiger partial charge in [-0.05, 0) is 37.1 Å². The molecule has 2 N–H and O–H groups in total. The summed E-state index contributed by atoms with van der Waals surface area (Å²) in [6.45, 7) is 5.10. The smallest absolute Gasteiger partial charge is 0.222 e. The fraction of sp³-hybridized carbons (Fsp3) is 0.632. The molecular weight excluding hydrogens is 321 g/mol. The number of anilines is 1. The summed E-state index contributed by atoms with van der Waals surface area (Å²) in [4.78, 5) is 16.6. The van der Waals surface area contributed by atoms with E-state index in [9.17, 15) is 14.3 Å². The first-order chi connectivity index (χ1) is 12.0. The number of benzene rings is 1. The van der Waals surface area contributed by atoms with Crippen LogP contribution in [0.3, 0.4) is 0 Å². The summed E-state index contributed by atoms with van der Waals surface area (Å²) in [6, 6.07) is 6.63. The number of nitrogens with zero attached hydrogens (tertiary/aromatic N) is 2. The summed E-state index contributed by atoms with van der Waals surface area (Å²) in [7, 11) is 0. The highest BCUT2D eigenvalue weighted by molar-refractivity contribution is 5.77. The molecule has 1 aliphatic carbocycles. The van der Waals surface area contributed by atoms with Crippen molar-refractivity contribution in [1.82, 2.24) is 10.2 Å². The van der Waals surface area contributed by atoms with E-state index in [0.29, 0.717) is 6.54 Å². The van der Waals surface area contributed by atoms with E-state index < -0.39 is 5.60 Å². The van der Waals surface area contributed by atoms with Crippen molar-refractivity contribution >= 4 is 11.6 Å². The van der Waals surface area contributed by atoms with Crippen molar-refractivity contribution in [3.8, 4) is 0 Å². The summed E-state index contributed by atoms with van der Waals surface area (Å²) < 4.78 is 13.0. The number of aliphatic hydroxyl groups is 1. The molecule has 1 saturated carbocycles. The summed E-state index contributed by atoms with van der Waals surface area (Å²) >= 11 is 0. The Balaban J connectivity index is 1.34. The van der Waals surface area contributed by atoms with Crippen LogP contribution >= 0.6 is 0 Å². The third kappa shape index (κ3) is 5.16. The predicted molar refractivity (Wildman–Crippen MR) is 96.1 cm³/mol. The van der Waals surface area contributed by atoms with E-state index in [1.807, 2.05) is 12.1 Å². The Kier molecular flexibility index (Phi) is 5.91. The predicted octanol–water partition coefficient (Wildman–Crippen LogP) is 1.76. The van der Waals surface area contributed by atoms with Gasteiger partial charge in [0.05, 0.1) is 12.0 Å². The molecule has 0 aromatic heterocycles. The van der Waals surface area contributed by atoms with E-state index in [-0.39, 0.29) is 18.1 Å². The summed E-state index contributed by atoms with van der Waals surface area (Å²) in [6.07, 6.45) is 3.74. The first-order valence-electron chi connectivity index (χ1n) is 9.26. The maximum absolute atomic E-state index is 13.0. The van der Waals surface area contributed by atoms with Gasteiger partial charge in [0, 0.05) is 45.0 Å². The van der Waals surface area contributed by atoms with Crippen molar-refractivity contribution < 1.29 is 14.3 Å². The summed E-state index contributed by atoms with van der Waals surface area (Å²) in [5.74, 6) is -0.255. The molecule has 1 aliphatic heterocycles. The van der Waals surface area contributed by atoms with Crippen molar-refractivity contribution in [2.75, 3.05) is 44.2 Å². The van der Waals surface area contributed by atoms with Gasteiger partial charge in [-0.3, -0.25) is 9.69 Å². The molecule has 5 nitrogen and oxygen atoms in total. The van der Waals surface area contributed by atoms with Gasteiger partial charge in [-0.2, -0.15) is 0 Å². The molecule has 1 aromatic rings. The zero-order valence-electron chi connectivity index (χ0n) is 14.7. The number of rotatable bonds is 6. The quantitative estimate of drug-likeness (QED) is 0.822. The van der Waals surface area contributed by atoms with Crippen LogP contribution in [0.5, 0.6) is 0 Å². The monoisotopic (exact) mass is 349 g/mol. The second-order valence-corrected chi connectivity index (χ2v) is 7.26. The number of carbonyl (C=O) groups is 1. The average molecular weight is 349 g/mol. The van der Waals surface area contributed by atoms with Gasteiger partial charge < -0.3 is 15.3 Å². The molecule has 2 aliphatic rings. The number of nitrogens with one attached hydrogen (secondary N) is 1. The first-order valence-corrected chi connectivity index (χ1v) is 9.26. The minimum absolute atomic E-state index is 0.0469. The second-order valence-electron chi connectivity index (χ2n) is 7.26. The van der Waals surface area contributed by atoms with Crippen LogP contribution in [0.2, 0.25) is 0 Å². The van der Waals surface area contributed by atoms with Crippen LogP contribution in [0, 0.1) is 5.82 Å². The van der Waals surface area contributed by atoms with E-state index in [1.165, 1.54) is 12.1 Å². The van der Waals surface area contributed by atoms with Crippen LogP contribution < -0.4 is 10.2 Å². The molecule has 25 heavy (non-hydrogen) atoms. The molecule has 0 atom stereocenters. The highest BCUT2D eigenvalue weighted by atomic mass is 19.1. The Morgan fingerprint density at radius 1 is 1.12 bits per heavy atom. The van der Waals surface area contributed by atoms with Gasteiger partial charge in [0.25, 0.3) is 0 Å². The summed E-state index contributed by atoms with van der Waals surface area (Å²) in [5.41, 5.74) is 0.282. The van der Waals surface area contributed by atoms with Crippen LogP contribution in [0.15, 0.2) is 24.3 Å². The highest BCUT2D eigenvalue weighted by Crippen LogP contribution is 2.32. The maximum Gasteiger partial charge on any atom is 0.222 e. The molecule has 3 rings (SSSR count). The maximum atomic E-state index is 13.0. The van der Waals surface area contributed by atoms with Gasteiger partial charge in [0.15, 0.2) is 0 Å². The lowest BCUT2D eigenvalue weighted by Gasteiger charge is -2.36. The molecule has 0 unspecified atom stereocenters. The van der Waals surface area contributed by atoms with E-state index >= 15 is 0 Å². The molecule has 0 radical (unpaired) electrons. The van der Waals surface area contributed by atoms with E-state index in [0.717, 1.165) is 64.1 Å². The largest absolute Gasteiger partial charge is 0.389 e. The van der Waals surface area contributed by atoms with Gasteiger partial charge in [-0.25, -0.2) is 4.39 Å². The number of amides is 1. The number of carbonyl (C=O) groups excluding carboxylic acids is 1. The molecule has 1 saturated heterocycles.